The molecule has 1 aliphatic rings. The quantitative estimate of drug-likeness (QED) is 0.0501. The number of nitro benzene ring substituents is 1. The molecule has 1 heterocycles. The summed E-state index contributed by atoms with van der Waals surface area (Å²) in [6, 6.07) is 18.6. The molecule has 1 atom stereocenters. The number of benzene rings is 3. The zero-order chi connectivity index (χ0) is 38.1. The van der Waals surface area contributed by atoms with Crippen LogP contribution in [0.5, 0.6) is 11.5 Å². The summed E-state index contributed by atoms with van der Waals surface area (Å²) in [5, 5.41) is 17.0. The number of amides is 3. The highest BCUT2D eigenvalue weighted by Crippen LogP contribution is 2.37. The number of nitrogens with one attached hydrogen (secondary N) is 2. The molecule has 15 heteroatoms. The first-order chi connectivity index (χ1) is 24.5. The van der Waals surface area contributed by atoms with Crippen LogP contribution < -0.4 is 30.7 Å². The van der Waals surface area contributed by atoms with Crippen molar-refractivity contribution in [3.05, 3.63) is 88.0 Å². The van der Waals surface area contributed by atoms with Crippen molar-refractivity contribution in [2.24, 2.45) is 4.99 Å². The lowest BCUT2D eigenvalue weighted by atomic mass is 10.1. The summed E-state index contributed by atoms with van der Waals surface area (Å²) in [6.07, 6.45) is -1.55. The second-order valence-corrected chi connectivity index (χ2v) is 14.1. The summed E-state index contributed by atoms with van der Waals surface area (Å²) < 4.78 is 22.5. The standard InChI is InChI=1S/C37H46N6O9/c1-36(2,3)51-34(45)40-32(41-35(46)52-37(4,5)6)22-39-18-16-24-10-13-28(14-11-24)49-19-17-30-33(44)42(29-15-12-26(38)21-31(29)50-30)23-25-8-7-9-27(20-25)43(47)48/h7-15,20-21,30,39H,16-19,22-23,38H2,1-6H3,(H,40,41,45,46). The number of carbonyl (C=O) groups excluding carboxylic acids is 3. The molecule has 0 radical (unpaired) electrons. The molecular weight excluding hydrogens is 672 g/mol. The number of hydrogen-bond donors (Lipinski definition) is 3. The van der Waals surface area contributed by atoms with Crippen molar-refractivity contribution in [3.63, 3.8) is 0 Å². The van der Waals surface area contributed by atoms with E-state index < -0.39 is 34.4 Å². The van der Waals surface area contributed by atoms with Crippen LogP contribution in [-0.4, -0.2) is 65.9 Å². The van der Waals surface area contributed by atoms with Crippen molar-refractivity contribution < 1.29 is 38.3 Å². The van der Waals surface area contributed by atoms with Crippen molar-refractivity contribution in [3.8, 4) is 11.5 Å². The zero-order valence-electron chi connectivity index (χ0n) is 30.3. The van der Waals surface area contributed by atoms with Crippen molar-refractivity contribution in [2.75, 3.05) is 30.3 Å². The van der Waals surface area contributed by atoms with E-state index in [1.807, 2.05) is 24.3 Å². The van der Waals surface area contributed by atoms with E-state index in [9.17, 15) is 24.5 Å². The van der Waals surface area contributed by atoms with E-state index >= 15 is 0 Å². The zero-order valence-corrected chi connectivity index (χ0v) is 30.3. The monoisotopic (exact) mass is 718 g/mol. The summed E-state index contributed by atoms with van der Waals surface area (Å²) >= 11 is 0. The minimum absolute atomic E-state index is 0.0607. The van der Waals surface area contributed by atoms with Gasteiger partial charge in [-0.3, -0.25) is 20.2 Å². The van der Waals surface area contributed by atoms with Crippen LogP contribution in [0.1, 0.15) is 59.1 Å². The Hall–Kier alpha value is -5.70. The molecule has 1 aliphatic heterocycles. The van der Waals surface area contributed by atoms with Crippen molar-refractivity contribution in [1.82, 2.24) is 10.6 Å². The van der Waals surface area contributed by atoms with Gasteiger partial charge in [0.05, 0.1) is 30.3 Å². The topological polar surface area (TPSA) is 197 Å². The van der Waals surface area contributed by atoms with Crippen LogP contribution >= 0.6 is 0 Å². The number of alkyl carbamates (subject to hydrolysis) is 1. The molecule has 0 bridgehead atoms. The van der Waals surface area contributed by atoms with Gasteiger partial charge in [-0.1, -0.05) is 24.3 Å². The fourth-order valence-corrected chi connectivity index (χ4v) is 5.04. The van der Waals surface area contributed by atoms with Crippen LogP contribution in [0.4, 0.5) is 26.7 Å². The molecule has 0 saturated heterocycles. The summed E-state index contributed by atoms with van der Waals surface area (Å²) in [7, 11) is 0. The number of carbonyl (C=O) groups is 3. The first kappa shape index (κ1) is 39.1. The summed E-state index contributed by atoms with van der Waals surface area (Å²) in [6.45, 7) is 11.2. The molecule has 1 unspecified atom stereocenters. The van der Waals surface area contributed by atoms with Gasteiger partial charge in [0.1, 0.15) is 28.5 Å². The third kappa shape index (κ3) is 12.3. The summed E-state index contributed by atoms with van der Waals surface area (Å²) in [5.74, 6) is 0.811. The molecule has 278 valence electrons. The number of aliphatic imine (C=N–C) groups is 1. The Labute approximate surface area is 302 Å². The van der Waals surface area contributed by atoms with Gasteiger partial charge in [0.2, 0.25) is 0 Å². The molecule has 0 saturated carbocycles. The minimum atomic E-state index is -0.855. The van der Waals surface area contributed by atoms with Crippen molar-refractivity contribution >= 4 is 41.0 Å². The summed E-state index contributed by atoms with van der Waals surface area (Å²) in [5.41, 5.74) is 7.06. The molecule has 0 aromatic heterocycles. The Kier molecular flexibility index (Phi) is 12.8. The number of ether oxygens (including phenoxy) is 4. The SMILES string of the molecule is CC(C)(C)OC(=O)/N=C(\CNCCc1ccc(OCCC2Oc3cc(N)ccc3N(Cc3cccc([N+](=O)[O-])c3)C2=O)cc1)NC(=O)OC(C)(C)C. The smallest absolute Gasteiger partial charge is 0.435 e. The predicted molar refractivity (Wildman–Crippen MR) is 196 cm³/mol. The highest BCUT2D eigenvalue weighted by atomic mass is 16.6. The Morgan fingerprint density at radius 3 is 2.37 bits per heavy atom. The lowest BCUT2D eigenvalue weighted by Gasteiger charge is -2.34. The maximum Gasteiger partial charge on any atom is 0.435 e. The van der Waals surface area contributed by atoms with Gasteiger partial charge in [0, 0.05) is 30.3 Å². The van der Waals surface area contributed by atoms with E-state index in [1.165, 1.54) is 12.1 Å². The number of amidine groups is 1. The fraction of sp³-hybridized carbons (Fsp3) is 0.405. The minimum Gasteiger partial charge on any atom is -0.493 e. The fourth-order valence-electron chi connectivity index (χ4n) is 5.04. The van der Waals surface area contributed by atoms with Crippen LogP contribution in [0.2, 0.25) is 0 Å². The molecule has 4 N–H and O–H groups in total. The Morgan fingerprint density at radius 2 is 1.69 bits per heavy atom. The largest absolute Gasteiger partial charge is 0.493 e. The number of nitrogen functional groups attached to an aromatic ring is 1. The number of nitro groups is 1. The molecule has 4 rings (SSSR count). The number of anilines is 2. The average Bonchev–Trinajstić information content (AvgIpc) is 3.03. The lowest BCUT2D eigenvalue weighted by molar-refractivity contribution is -0.384. The highest BCUT2D eigenvalue weighted by molar-refractivity contribution is 6.01. The Bertz CT molecular complexity index is 1780. The van der Waals surface area contributed by atoms with Gasteiger partial charge in [-0.25, -0.2) is 9.59 Å². The van der Waals surface area contributed by atoms with E-state index in [0.29, 0.717) is 41.4 Å². The van der Waals surface area contributed by atoms with Crippen LogP contribution in [0.25, 0.3) is 0 Å². The second-order valence-electron chi connectivity index (χ2n) is 14.1. The van der Waals surface area contributed by atoms with Crippen LogP contribution in [0.3, 0.4) is 0 Å². The van der Waals surface area contributed by atoms with Gasteiger partial charge >= 0.3 is 12.2 Å². The van der Waals surface area contributed by atoms with E-state index in [4.69, 9.17) is 24.7 Å². The maximum absolute atomic E-state index is 13.6. The highest BCUT2D eigenvalue weighted by Gasteiger charge is 2.35. The number of non-ortho nitro benzene ring substituents is 1. The molecule has 3 aromatic carbocycles. The van der Waals surface area contributed by atoms with E-state index in [1.54, 1.807) is 76.8 Å². The molecule has 0 fully saturated rings. The van der Waals surface area contributed by atoms with Gasteiger partial charge in [0.15, 0.2) is 6.10 Å². The molecule has 15 nitrogen and oxygen atoms in total. The van der Waals surface area contributed by atoms with Gasteiger partial charge in [-0.15, -0.1) is 0 Å². The lowest BCUT2D eigenvalue weighted by Crippen LogP contribution is -2.46. The van der Waals surface area contributed by atoms with Crippen LogP contribution in [0.15, 0.2) is 71.7 Å². The van der Waals surface area contributed by atoms with Crippen molar-refractivity contribution in [1.29, 1.82) is 0 Å². The van der Waals surface area contributed by atoms with Gasteiger partial charge in [-0.2, -0.15) is 4.99 Å². The molecule has 3 amide bonds. The Balaban J connectivity index is 1.30. The molecule has 3 aromatic rings. The normalized spacial score (nSPS) is 14.6. The van der Waals surface area contributed by atoms with E-state index in [2.05, 4.69) is 15.6 Å². The van der Waals surface area contributed by atoms with Crippen LogP contribution in [0, 0.1) is 10.1 Å². The predicted octanol–water partition coefficient (Wildman–Crippen LogP) is 5.93. The number of fused-ring (bicyclic) bond motifs is 1. The molecule has 52 heavy (non-hydrogen) atoms. The number of nitrogens with zero attached hydrogens (tertiary/aromatic N) is 3. The number of nitrogens with two attached hydrogens (primary N) is 1. The first-order valence-corrected chi connectivity index (χ1v) is 16.8. The molecule has 0 spiro atoms. The summed E-state index contributed by atoms with van der Waals surface area (Å²) in [4.78, 5) is 54.5. The average molecular weight is 719 g/mol. The van der Waals surface area contributed by atoms with Gasteiger partial charge in [-0.05, 0) is 89.9 Å². The number of rotatable bonds is 12. The maximum atomic E-state index is 13.6. The van der Waals surface area contributed by atoms with E-state index in [0.717, 1.165) is 5.56 Å². The van der Waals surface area contributed by atoms with Gasteiger partial charge < -0.3 is 34.9 Å². The van der Waals surface area contributed by atoms with Crippen LogP contribution in [-0.2, 0) is 27.2 Å². The number of hydrogen-bond acceptors (Lipinski definition) is 11. The second kappa shape index (κ2) is 17.0. The van der Waals surface area contributed by atoms with Crippen molar-refractivity contribution in [2.45, 2.75) is 78.2 Å². The van der Waals surface area contributed by atoms with Gasteiger partial charge in [0.25, 0.3) is 11.6 Å². The Morgan fingerprint density at radius 1 is 0.981 bits per heavy atom. The molecular formula is C37H46N6O9. The van der Waals surface area contributed by atoms with E-state index in [-0.39, 0.29) is 43.5 Å². The molecule has 0 aliphatic carbocycles. The third-order valence-corrected chi connectivity index (χ3v) is 7.27. The first-order valence-electron chi connectivity index (χ1n) is 16.8. The third-order valence-electron chi connectivity index (χ3n) is 7.27.